The highest BCUT2D eigenvalue weighted by molar-refractivity contribution is 5.91. The third-order valence-corrected chi connectivity index (χ3v) is 5.98. The Balaban J connectivity index is 1.32. The molecule has 4 aromatic carbocycles. The second-order valence-electron chi connectivity index (χ2n) is 8.86. The van der Waals surface area contributed by atoms with Crippen molar-refractivity contribution >= 4 is 28.1 Å². The van der Waals surface area contributed by atoms with Crippen LogP contribution >= 0.6 is 0 Å². The first-order valence-corrected chi connectivity index (χ1v) is 12.6. The molecule has 0 heterocycles. The average Bonchev–Trinajstić information content (AvgIpc) is 2.91. The number of carbonyl (C=O) groups is 1. The van der Waals surface area contributed by atoms with Crippen LogP contribution in [0.4, 0.5) is 11.4 Å². The van der Waals surface area contributed by atoms with E-state index in [9.17, 15) is 4.79 Å². The predicted octanol–water partition coefficient (Wildman–Crippen LogP) is 9.13. The van der Waals surface area contributed by atoms with E-state index in [1.165, 1.54) is 31.1 Å². The number of rotatable bonds is 11. The molecule has 5 heteroatoms. The van der Waals surface area contributed by atoms with Gasteiger partial charge in [0.15, 0.2) is 0 Å². The van der Waals surface area contributed by atoms with E-state index in [0.717, 1.165) is 28.8 Å². The maximum atomic E-state index is 12.6. The third-order valence-electron chi connectivity index (χ3n) is 5.98. The van der Waals surface area contributed by atoms with Gasteiger partial charge in [-0.2, -0.15) is 10.2 Å². The second kappa shape index (κ2) is 12.6. The van der Waals surface area contributed by atoms with Crippen LogP contribution in [0.2, 0.25) is 0 Å². The minimum absolute atomic E-state index is 0.408. The SMILES string of the molecule is CCCCCCCOc1ccc(C(=O)Oc2ccc(N=Nc3ccc4ccccc4c3)cc2C)cc1. The lowest BCUT2D eigenvalue weighted by molar-refractivity contribution is 0.0733. The lowest BCUT2D eigenvalue weighted by Crippen LogP contribution is -2.09. The van der Waals surface area contributed by atoms with Crippen LogP contribution in [-0.2, 0) is 0 Å². The summed E-state index contributed by atoms with van der Waals surface area (Å²) in [5.41, 5.74) is 2.76. The van der Waals surface area contributed by atoms with E-state index < -0.39 is 5.97 Å². The summed E-state index contributed by atoms with van der Waals surface area (Å²) in [6, 6.07) is 26.6. The highest BCUT2D eigenvalue weighted by Crippen LogP contribution is 2.27. The Bertz CT molecular complexity index is 1330. The van der Waals surface area contributed by atoms with Crippen molar-refractivity contribution < 1.29 is 14.3 Å². The Kier molecular flexibility index (Phi) is 8.82. The Labute approximate surface area is 212 Å². The van der Waals surface area contributed by atoms with Crippen LogP contribution in [-0.4, -0.2) is 12.6 Å². The first-order valence-electron chi connectivity index (χ1n) is 12.6. The van der Waals surface area contributed by atoms with Gasteiger partial charge in [-0.15, -0.1) is 0 Å². The van der Waals surface area contributed by atoms with Gasteiger partial charge in [0.05, 0.1) is 23.5 Å². The number of benzene rings is 4. The second-order valence-corrected chi connectivity index (χ2v) is 8.86. The van der Waals surface area contributed by atoms with Crippen molar-refractivity contribution in [3.8, 4) is 11.5 Å². The van der Waals surface area contributed by atoms with E-state index in [4.69, 9.17) is 9.47 Å². The van der Waals surface area contributed by atoms with Crippen LogP contribution in [0.25, 0.3) is 10.8 Å². The summed E-state index contributed by atoms with van der Waals surface area (Å²) in [6.45, 7) is 4.78. The van der Waals surface area contributed by atoms with E-state index >= 15 is 0 Å². The zero-order valence-corrected chi connectivity index (χ0v) is 20.9. The molecule has 0 radical (unpaired) electrons. The van der Waals surface area contributed by atoms with Gasteiger partial charge in [0.1, 0.15) is 11.5 Å². The normalized spacial score (nSPS) is 11.2. The molecule has 0 aliphatic rings. The highest BCUT2D eigenvalue weighted by atomic mass is 16.5. The smallest absolute Gasteiger partial charge is 0.343 e. The number of ether oxygens (including phenoxy) is 2. The molecular formula is C31H32N2O3. The summed E-state index contributed by atoms with van der Waals surface area (Å²) in [6.07, 6.45) is 5.98. The van der Waals surface area contributed by atoms with Crippen molar-refractivity contribution in [2.24, 2.45) is 10.2 Å². The van der Waals surface area contributed by atoms with Crippen LogP contribution in [0.3, 0.4) is 0 Å². The summed E-state index contributed by atoms with van der Waals surface area (Å²) in [4.78, 5) is 12.6. The lowest BCUT2D eigenvalue weighted by atomic mass is 10.1. The van der Waals surface area contributed by atoms with Gasteiger partial charge in [-0.3, -0.25) is 0 Å². The van der Waals surface area contributed by atoms with Crippen molar-refractivity contribution in [3.63, 3.8) is 0 Å². The van der Waals surface area contributed by atoms with Crippen molar-refractivity contribution in [2.75, 3.05) is 6.61 Å². The highest BCUT2D eigenvalue weighted by Gasteiger charge is 2.11. The molecule has 0 saturated carbocycles. The summed E-state index contributed by atoms with van der Waals surface area (Å²) in [5, 5.41) is 11.0. The predicted molar refractivity (Wildman–Crippen MR) is 145 cm³/mol. The molecule has 0 atom stereocenters. The number of aryl methyl sites for hydroxylation is 1. The van der Waals surface area contributed by atoms with Gasteiger partial charge in [0.25, 0.3) is 0 Å². The van der Waals surface area contributed by atoms with Gasteiger partial charge in [0, 0.05) is 0 Å². The van der Waals surface area contributed by atoms with Crippen LogP contribution in [0.5, 0.6) is 11.5 Å². The molecule has 0 spiro atoms. The number of fused-ring (bicyclic) bond motifs is 1. The standard InChI is InChI=1S/C31H32N2O3/c1-3-4-5-6-9-20-35-29-17-13-25(14-18-29)31(34)36-30-19-16-27(21-23(30)2)32-33-28-15-12-24-10-7-8-11-26(24)22-28/h7-8,10-19,21-22H,3-6,9,20H2,1-2H3. The topological polar surface area (TPSA) is 60.2 Å². The molecule has 0 amide bonds. The van der Waals surface area contributed by atoms with Gasteiger partial charge < -0.3 is 9.47 Å². The van der Waals surface area contributed by atoms with Gasteiger partial charge in [-0.05, 0) is 84.3 Å². The Morgan fingerprint density at radius 2 is 1.44 bits per heavy atom. The first kappa shape index (κ1) is 25.1. The molecule has 5 nitrogen and oxygen atoms in total. The van der Waals surface area contributed by atoms with Crippen molar-refractivity contribution in [3.05, 3.63) is 96.1 Å². The first-order chi connectivity index (χ1) is 17.6. The van der Waals surface area contributed by atoms with E-state index in [1.807, 2.05) is 55.5 Å². The largest absolute Gasteiger partial charge is 0.494 e. The number of esters is 1. The molecule has 0 aromatic heterocycles. The average molecular weight is 481 g/mol. The fourth-order valence-electron chi connectivity index (χ4n) is 3.91. The minimum atomic E-state index is -0.408. The maximum Gasteiger partial charge on any atom is 0.343 e. The van der Waals surface area contributed by atoms with Crippen molar-refractivity contribution in [1.82, 2.24) is 0 Å². The van der Waals surface area contributed by atoms with E-state index in [2.05, 4.69) is 29.3 Å². The number of azo groups is 1. The molecule has 0 bridgehead atoms. The van der Waals surface area contributed by atoms with E-state index in [0.29, 0.717) is 23.6 Å². The van der Waals surface area contributed by atoms with Crippen molar-refractivity contribution in [2.45, 2.75) is 46.0 Å². The number of carbonyl (C=O) groups excluding carboxylic acids is 1. The molecule has 0 saturated heterocycles. The Morgan fingerprint density at radius 1 is 0.750 bits per heavy atom. The Morgan fingerprint density at radius 3 is 2.19 bits per heavy atom. The summed E-state index contributed by atoms with van der Waals surface area (Å²) < 4.78 is 11.4. The number of hydrogen-bond acceptors (Lipinski definition) is 5. The molecule has 0 N–H and O–H groups in total. The zero-order valence-electron chi connectivity index (χ0n) is 20.9. The monoisotopic (exact) mass is 480 g/mol. The number of hydrogen-bond donors (Lipinski definition) is 0. The molecule has 184 valence electrons. The van der Waals surface area contributed by atoms with Gasteiger partial charge >= 0.3 is 5.97 Å². The minimum Gasteiger partial charge on any atom is -0.494 e. The van der Waals surface area contributed by atoms with Gasteiger partial charge in [-0.1, -0.05) is 62.9 Å². The van der Waals surface area contributed by atoms with E-state index in [1.54, 1.807) is 24.3 Å². The van der Waals surface area contributed by atoms with Crippen LogP contribution in [0.15, 0.2) is 95.2 Å². The molecule has 4 aromatic rings. The summed E-state index contributed by atoms with van der Waals surface area (Å²) in [5.74, 6) is 0.853. The molecule has 0 fully saturated rings. The van der Waals surface area contributed by atoms with Gasteiger partial charge in [-0.25, -0.2) is 4.79 Å². The quantitative estimate of drug-likeness (QED) is 0.0930. The number of nitrogens with zero attached hydrogens (tertiary/aromatic N) is 2. The lowest BCUT2D eigenvalue weighted by Gasteiger charge is -2.09. The molecule has 0 aliphatic heterocycles. The van der Waals surface area contributed by atoms with E-state index in [-0.39, 0.29) is 0 Å². The fraction of sp³-hybridized carbons (Fsp3) is 0.258. The molecular weight excluding hydrogens is 448 g/mol. The molecule has 36 heavy (non-hydrogen) atoms. The van der Waals surface area contributed by atoms with Crippen molar-refractivity contribution in [1.29, 1.82) is 0 Å². The van der Waals surface area contributed by atoms with Crippen LogP contribution in [0.1, 0.15) is 54.9 Å². The maximum absolute atomic E-state index is 12.6. The third kappa shape index (κ3) is 7.01. The fourth-order valence-corrected chi connectivity index (χ4v) is 3.91. The summed E-state index contributed by atoms with van der Waals surface area (Å²) in [7, 11) is 0. The summed E-state index contributed by atoms with van der Waals surface area (Å²) >= 11 is 0. The molecule has 0 aliphatic carbocycles. The number of unbranched alkanes of at least 4 members (excludes halogenated alkanes) is 4. The molecule has 4 rings (SSSR count). The van der Waals surface area contributed by atoms with Crippen LogP contribution < -0.4 is 9.47 Å². The Hall–Kier alpha value is -3.99. The van der Waals surface area contributed by atoms with Crippen LogP contribution in [0, 0.1) is 6.92 Å². The molecule has 0 unspecified atom stereocenters. The zero-order chi connectivity index (χ0) is 25.2. The van der Waals surface area contributed by atoms with Gasteiger partial charge in [0.2, 0.25) is 0 Å².